The van der Waals surface area contributed by atoms with Gasteiger partial charge in [0.1, 0.15) is 6.20 Å². The molecule has 7 heteroatoms. The van der Waals surface area contributed by atoms with Crippen LogP contribution in [0.4, 0.5) is 0 Å². The summed E-state index contributed by atoms with van der Waals surface area (Å²) in [4.78, 5) is 30.5. The van der Waals surface area contributed by atoms with Crippen LogP contribution in [0.15, 0.2) is 54.0 Å². The predicted octanol–water partition coefficient (Wildman–Crippen LogP) is 1.75. The minimum Gasteiger partial charge on any atom is -0.287 e. The van der Waals surface area contributed by atoms with Gasteiger partial charge in [0.2, 0.25) is 18.1 Å². The molecule has 0 N–H and O–H groups in total. The molecule has 0 aliphatic carbocycles. The molecular weight excluding hydrogens is 270 g/mol. The van der Waals surface area contributed by atoms with Crippen molar-refractivity contribution in [3.05, 3.63) is 70.6 Å². The number of hydrogen-bond acceptors (Lipinski definition) is 4. The molecule has 7 nitrogen and oxygen atoms in total. The second kappa shape index (κ2) is 6.93. The van der Waals surface area contributed by atoms with Crippen LogP contribution in [0.2, 0.25) is 0 Å². The van der Waals surface area contributed by atoms with E-state index < -0.39 is 0 Å². The third-order valence-corrected chi connectivity index (χ3v) is 2.81. The Morgan fingerprint density at radius 3 is 2.71 bits per heavy atom. The number of carbonyl (C=O) groups is 2. The zero-order chi connectivity index (χ0) is 15.1. The Labute approximate surface area is 120 Å². The second-order valence-electron chi connectivity index (χ2n) is 4.19. The molecule has 1 aromatic heterocycles. The normalized spacial score (nSPS) is 9.71. The van der Waals surface area contributed by atoms with Gasteiger partial charge in [0.15, 0.2) is 6.20 Å². The Morgan fingerprint density at radius 1 is 1.24 bits per heavy atom. The standard InChI is InChI=1S/C14H12N5O2/c15-18-17-9-13(20)12-8-16-6-7-19(12)10-14(21)11-4-2-1-3-5-11/h1-8H,9-10H2/q+1. The number of carbonyl (C=O) groups excluding carboxylic acids is 2. The topological polar surface area (TPSA) is 99.7 Å². The summed E-state index contributed by atoms with van der Waals surface area (Å²) in [5.41, 5.74) is 9.05. The molecule has 0 saturated heterocycles. The Bertz CT molecular complexity index is 708. The molecular formula is C14H12N5O2+. The average Bonchev–Trinajstić information content (AvgIpc) is 2.54. The molecule has 0 saturated carbocycles. The van der Waals surface area contributed by atoms with Crippen LogP contribution in [0.5, 0.6) is 0 Å². The van der Waals surface area contributed by atoms with Crippen molar-refractivity contribution in [3.8, 4) is 0 Å². The fourth-order valence-electron chi connectivity index (χ4n) is 1.80. The summed E-state index contributed by atoms with van der Waals surface area (Å²) >= 11 is 0. The monoisotopic (exact) mass is 282 g/mol. The lowest BCUT2D eigenvalue weighted by Crippen LogP contribution is -2.44. The van der Waals surface area contributed by atoms with Gasteiger partial charge in [0.25, 0.3) is 5.69 Å². The zero-order valence-corrected chi connectivity index (χ0v) is 11.1. The number of Topliss-reactive ketones (excluding diaryl/α,β-unsaturated/α-hetero) is 2. The molecule has 0 amide bonds. The van der Waals surface area contributed by atoms with E-state index in [1.807, 2.05) is 6.07 Å². The van der Waals surface area contributed by atoms with E-state index in [1.165, 1.54) is 17.0 Å². The molecule has 0 aliphatic heterocycles. The van der Waals surface area contributed by atoms with Gasteiger partial charge in [-0.3, -0.25) is 14.6 Å². The molecule has 0 aliphatic rings. The van der Waals surface area contributed by atoms with E-state index in [4.69, 9.17) is 5.53 Å². The van der Waals surface area contributed by atoms with Gasteiger partial charge in [0, 0.05) is 10.5 Å². The lowest BCUT2D eigenvalue weighted by atomic mass is 10.1. The van der Waals surface area contributed by atoms with Gasteiger partial charge in [-0.15, -0.1) is 0 Å². The van der Waals surface area contributed by atoms with Crippen molar-refractivity contribution in [2.24, 2.45) is 5.11 Å². The minimum absolute atomic E-state index is 0.0177. The summed E-state index contributed by atoms with van der Waals surface area (Å²) in [6.07, 6.45) is 4.39. The third kappa shape index (κ3) is 3.71. The number of ketones is 2. The molecule has 2 aromatic rings. The summed E-state index contributed by atoms with van der Waals surface area (Å²) in [6.45, 7) is -0.286. The predicted molar refractivity (Wildman–Crippen MR) is 73.5 cm³/mol. The zero-order valence-electron chi connectivity index (χ0n) is 11.1. The van der Waals surface area contributed by atoms with Gasteiger partial charge in [0.05, 0.1) is 12.7 Å². The lowest BCUT2D eigenvalue weighted by molar-refractivity contribution is -0.685. The largest absolute Gasteiger partial charge is 0.287 e. The first-order valence-electron chi connectivity index (χ1n) is 6.18. The highest BCUT2D eigenvalue weighted by Crippen LogP contribution is 2.01. The van der Waals surface area contributed by atoms with E-state index in [1.54, 1.807) is 30.5 Å². The molecule has 1 aromatic carbocycles. The average molecular weight is 282 g/mol. The minimum atomic E-state index is -0.387. The summed E-state index contributed by atoms with van der Waals surface area (Å²) in [5, 5.41) is 3.23. The summed E-state index contributed by atoms with van der Waals surface area (Å²) in [6, 6.07) is 8.80. The molecule has 21 heavy (non-hydrogen) atoms. The van der Waals surface area contributed by atoms with Gasteiger partial charge in [-0.25, -0.2) is 0 Å². The van der Waals surface area contributed by atoms with Crippen LogP contribution in [0.3, 0.4) is 0 Å². The van der Waals surface area contributed by atoms with Crippen molar-refractivity contribution in [1.29, 1.82) is 0 Å². The maximum absolute atomic E-state index is 12.2. The number of azide groups is 1. The maximum atomic E-state index is 12.2. The van der Waals surface area contributed by atoms with Crippen LogP contribution in [0.1, 0.15) is 20.8 Å². The van der Waals surface area contributed by atoms with Crippen molar-refractivity contribution < 1.29 is 14.2 Å². The van der Waals surface area contributed by atoms with Gasteiger partial charge >= 0.3 is 0 Å². The van der Waals surface area contributed by atoms with Crippen molar-refractivity contribution in [2.75, 3.05) is 6.54 Å². The third-order valence-electron chi connectivity index (χ3n) is 2.81. The SMILES string of the molecule is [N-]=[N+]=NCC(=O)c1cncc[n+]1CC(=O)c1ccccc1. The van der Waals surface area contributed by atoms with Crippen LogP contribution in [-0.4, -0.2) is 23.1 Å². The van der Waals surface area contributed by atoms with Gasteiger partial charge in [-0.1, -0.05) is 35.4 Å². The molecule has 2 rings (SSSR count). The summed E-state index contributed by atoms with van der Waals surface area (Å²) in [5.74, 6) is -0.508. The first-order chi connectivity index (χ1) is 10.2. The number of benzene rings is 1. The maximum Gasteiger partial charge on any atom is 0.267 e. The molecule has 0 spiro atoms. The summed E-state index contributed by atoms with van der Waals surface area (Å²) in [7, 11) is 0. The quantitative estimate of drug-likeness (QED) is 0.265. The number of hydrogen-bond donors (Lipinski definition) is 0. The Kier molecular flexibility index (Phi) is 4.74. The van der Waals surface area contributed by atoms with Gasteiger partial charge in [-0.05, 0) is 5.53 Å². The fourth-order valence-corrected chi connectivity index (χ4v) is 1.80. The number of nitrogens with zero attached hydrogens (tertiary/aromatic N) is 5. The van der Waals surface area contributed by atoms with E-state index in [0.29, 0.717) is 5.56 Å². The highest BCUT2D eigenvalue weighted by atomic mass is 16.1. The Balaban J connectivity index is 2.22. The van der Waals surface area contributed by atoms with E-state index in [0.717, 1.165) is 0 Å². The second-order valence-corrected chi connectivity index (χ2v) is 4.19. The number of rotatable bonds is 6. The molecule has 0 unspecified atom stereocenters. The van der Waals surface area contributed by atoms with Crippen molar-refractivity contribution in [1.82, 2.24) is 4.98 Å². The van der Waals surface area contributed by atoms with Crippen LogP contribution < -0.4 is 4.57 Å². The highest BCUT2D eigenvalue weighted by Gasteiger charge is 2.21. The van der Waals surface area contributed by atoms with Crippen LogP contribution in [0.25, 0.3) is 10.4 Å². The Morgan fingerprint density at radius 2 is 2.00 bits per heavy atom. The van der Waals surface area contributed by atoms with Crippen LogP contribution in [-0.2, 0) is 6.54 Å². The smallest absolute Gasteiger partial charge is 0.267 e. The van der Waals surface area contributed by atoms with Gasteiger partial charge in [-0.2, -0.15) is 4.57 Å². The molecule has 0 atom stereocenters. The summed E-state index contributed by atoms with van der Waals surface area (Å²) < 4.78 is 1.50. The van der Waals surface area contributed by atoms with Crippen molar-refractivity contribution in [3.63, 3.8) is 0 Å². The van der Waals surface area contributed by atoms with Gasteiger partial charge < -0.3 is 0 Å². The van der Waals surface area contributed by atoms with Crippen LogP contribution >= 0.6 is 0 Å². The highest BCUT2D eigenvalue weighted by molar-refractivity contribution is 5.96. The van der Waals surface area contributed by atoms with Crippen molar-refractivity contribution in [2.45, 2.75) is 6.54 Å². The van der Waals surface area contributed by atoms with E-state index in [-0.39, 0.29) is 30.3 Å². The van der Waals surface area contributed by atoms with E-state index >= 15 is 0 Å². The van der Waals surface area contributed by atoms with E-state index in [9.17, 15) is 9.59 Å². The molecule has 0 bridgehead atoms. The van der Waals surface area contributed by atoms with E-state index in [2.05, 4.69) is 15.0 Å². The van der Waals surface area contributed by atoms with Crippen LogP contribution in [0, 0.1) is 0 Å². The molecule has 1 heterocycles. The first kappa shape index (κ1) is 14.4. The fraction of sp³-hybridized carbons (Fsp3) is 0.143. The number of aromatic nitrogens is 2. The molecule has 0 fully saturated rings. The molecule has 104 valence electrons. The first-order valence-corrected chi connectivity index (χ1v) is 6.18. The molecule has 0 radical (unpaired) electrons. The lowest BCUT2D eigenvalue weighted by Gasteiger charge is -2.01. The Hall–Kier alpha value is -3.05. The van der Waals surface area contributed by atoms with Crippen molar-refractivity contribution >= 4 is 11.6 Å².